The second kappa shape index (κ2) is 5.92. The predicted octanol–water partition coefficient (Wildman–Crippen LogP) is 2.69. The second-order valence-corrected chi connectivity index (χ2v) is 4.65. The maximum atomic E-state index is 10.8. The average molecular weight is 282 g/mol. The molecule has 0 fully saturated rings. The van der Waals surface area contributed by atoms with Gasteiger partial charge in [0.25, 0.3) is 5.69 Å². The van der Waals surface area contributed by atoms with E-state index in [4.69, 9.17) is 11.0 Å². The van der Waals surface area contributed by atoms with E-state index in [0.29, 0.717) is 23.4 Å². The minimum absolute atomic E-state index is 0.0208. The van der Waals surface area contributed by atoms with Crippen LogP contribution in [-0.2, 0) is 6.54 Å². The van der Waals surface area contributed by atoms with E-state index in [-0.39, 0.29) is 5.69 Å². The molecule has 0 aromatic heterocycles. The van der Waals surface area contributed by atoms with Crippen LogP contribution in [0.3, 0.4) is 0 Å². The molecule has 6 nitrogen and oxygen atoms in total. The SMILES string of the molecule is CN(Cc1cc([N+](=O)[O-])ccc1N)c1ccc(C#N)cc1. The summed E-state index contributed by atoms with van der Waals surface area (Å²) in [7, 11) is 1.86. The van der Waals surface area contributed by atoms with Crippen LogP contribution in [0.15, 0.2) is 42.5 Å². The van der Waals surface area contributed by atoms with E-state index in [1.165, 1.54) is 12.1 Å². The lowest BCUT2D eigenvalue weighted by Crippen LogP contribution is -2.17. The van der Waals surface area contributed by atoms with Gasteiger partial charge in [0.2, 0.25) is 0 Å². The quantitative estimate of drug-likeness (QED) is 0.528. The summed E-state index contributed by atoms with van der Waals surface area (Å²) in [6.45, 7) is 0.444. The van der Waals surface area contributed by atoms with Gasteiger partial charge in [0.1, 0.15) is 0 Å². The Morgan fingerprint density at radius 3 is 2.52 bits per heavy atom. The summed E-state index contributed by atoms with van der Waals surface area (Å²) in [5, 5.41) is 19.6. The molecule has 106 valence electrons. The Labute approximate surface area is 122 Å². The summed E-state index contributed by atoms with van der Waals surface area (Å²) >= 11 is 0. The highest BCUT2D eigenvalue weighted by atomic mass is 16.6. The molecule has 2 aromatic carbocycles. The van der Waals surface area contributed by atoms with E-state index in [2.05, 4.69) is 6.07 Å². The first-order chi connectivity index (χ1) is 10.0. The first-order valence-corrected chi connectivity index (χ1v) is 6.25. The maximum absolute atomic E-state index is 10.8. The van der Waals surface area contributed by atoms with Gasteiger partial charge in [-0.1, -0.05) is 0 Å². The minimum Gasteiger partial charge on any atom is -0.398 e. The molecule has 0 aliphatic heterocycles. The lowest BCUT2D eigenvalue weighted by atomic mass is 10.1. The van der Waals surface area contributed by atoms with Gasteiger partial charge in [-0.3, -0.25) is 10.1 Å². The maximum Gasteiger partial charge on any atom is 0.269 e. The number of nitrogens with zero attached hydrogens (tertiary/aromatic N) is 3. The highest BCUT2D eigenvalue weighted by Crippen LogP contribution is 2.23. The Hall–Kier alpha value is -3.07. The summed E-state index contributed by atoms with van der Waals surface area (Å²) in [4.78, 5) is 12.3. The summed E-state index contributed by atoms with van der Waals surface area (Å²) in [5.74, 6) is 0. The Morgan fingerprint density at radius 1 is 1.29 bits per heavy atom. The van der Waals surface area contributed by atoms with Gasteiger partial charge < -0.3 is 10.6 Å². The number of rotatable bonds is 4. The van der Waals surface area contributed by atoms with E-state index in [0.717, 1.165) is 5.69 Å². The molecule has 21 heavy (non-hydrogen) atoms. The lowest BCUT2D eigenvalue weighted by molar-refractivity contribution is -0.384. The summed E-state index contributed by atoms with van der Waals surface area (Å²) < 4.78 is 0. The number of benzene rings is 2. The van der Waals surface area contributed by atoms with Gasteiger partial charge in [0, 0.05) is 42.7 Å². The molecular formula is C15H14N4O2. The number of non-ortho nitro benzene ring substituents is 1. The van der Waals surface area contributed by atoms with E-state index < -0.39 is 4.92 Å². The van der Waals surface area contributed by atoms with Gasteiger partial charge in [0.05, 0.1) is 16.6 Å². The monoisotopic (exact) mass is 282 g/mol. The van der Waals surface area contributed by atoms with Crippen molar-refractivity contribution in [3.05, 3.63) is 63.7 Å². The van der Waals surface area contributed by atoms with Crippen LogP contribution in [-0.4, -0.2) is 12.0 Å². The fraction of sp³-hybridized carbons (Fsp3) is 0.133. The fourth-order valence-corrected chi connectivity index (χ4v) is 1.98. The zero-order valence-electron chi connectivity index (χ0n) is 11.5. The molecule has 2 N–H and O–H groups in total. The van der Waals surface area contributed by atoms with Crippen molar-refractivity contribution in [1.29, 1.82) is 5.26 Å². The van der Waals surface area contributed by atoms with Crippen LogP contribution in [0.25, 0.3) is 0 Å². The first kappa shape index (κ1) is 14.3. The number of nitro groups is 1. The normalized spacial score (nSPS) is 9.90. The largest absolute Gasteiger partial charge is 0.398 e. The number of anilines is 2. The first-order valence-electron chi connectivity index (χ1n) is 6.25. The van der Waals surface area contributed by atoms with Crippen molar-refractivity contribution in [2.75, 3.05) is 17.7 Å². The predicted molar refractivity (Wildman–Crippen MR) is 80.8 cm³/mol. The number of hydrogen-bond donors (Lipinski definition) is 1. The van der Waals surface area contributed by atoms with Crippen molar-refractivity contribution in [2.45, 2.75) is 6.54 Å². The molecular weight excluding hydrogens is 268 g/mol. The molecule has 0 spiro atoms. The fourth-order valence-electron chi connectivity index (χ4n) is 1.98. The molecule has 0 aliphatic carbocycles. The Bertz CT molecular complexity index is 705. The third-order valence-corrected chi connectivity index (χ3v) is 3.18. The van der Waals surface area contributed by atoms with Gasteiger partial charge in [-0.2, -0.15) is 5.26 Å². The molecule has 2 rings (SSSR count). The lowest BCUT2D eigenvalue weighted by Gasteiger charge is -2.20. The van der Waals surface area contributed by atoms with E-state index in [1.54, 1.807) is 18.2 Å². The molecule has 0 unspecified atom stereocenters. The van der Waals surface area contributed by atoms with Crippen LogP contribution in [0.1, 0.15) is 11.1 Å². The highest BCUT2D eigenvalue weighted by Gasteiger charge is 2.11. The number of nitriles is 1. The van der Waals surface area contributed by atoms with Gasteiger partial charge in [-0.05, 0) is 30.3 Å². The minimum atomic E-state index is -0.440. The zero-order chi connectivity index (χ0) is 15.4. The number of nitrogens with two attached hydrogens (primary N) is 1. The van der Waals surface area contributed by atoms with Gasteiger partial charge in [-0.25, -0.2) is 0 Å². The molecule has 0 radical (unpaired) electrons. The third kappa shape index (κ3) is 3.28. The van der Waals surface area contributed by atoms with Crippen molar-refractivity contribution in [1.82, 2.24) is 0 Å². The molecule has 0 aliphatic rings. The second-order valence-electron chi connectivity index (χ2n) is 4.65. The molecule has 0 saturated heterocycles. The molecule has 6 heteroatoms. The van der Waals surface area contributed by atoms with Crippen molar-refractivity contribution in [2.24, 2.45) is 0 Å². The smallest absolute Gasteiger partial charge is 0.269 e. The summed E-state index contributed by atoms with van der Waals surface area (Å²) in [6.07, 6.45) is 0. The van der Waals surface area contributed by atoms with Crippen molar-refractivity contribution >= 4 is 17.1 Å². The summed E-state index contributed by atoms with van der Waals surface area (Å²) in [6, 6.07) is 13.6. The Morgan fingerprint density at radius 2 is 1.95 bits per heavy atom. The number of hydrogen-bond acceptors (Lipinski definition) is 5. The van der Waals surface area contributed by atoms with Gasteiger partial charge >= 0.3 is 0 Å². The number of nitro benzene ring substituents is 1. The average Bonchev–Trinajstić information content (AvgIpc) is 2.49. The Kier molecular flexibility index (Phi) is 4.05. The van der Waals surface area contributed by atoms with Crippen molar-refractivity contribution in [3.8, 4) is 6.07 Å². The van der Waals surface area contributed by atoms with Gasteiger partial charge in [0.15, 0.2) is 0 Å². The Balaban J connectivity index is 2.22. The van der Waals surface area contributed by atoms with Gasteiger partial charge in [-0.15, -0.1) is 0 Å². The van der Waals surface area contributed by atoms with Crippen LogP contribution in [0.5, 0.6) is 0 Å². The topological polar surface area (TPSA) is 96.2 Å². The number of nitrogen functional groups attached to an aromatic ring is 1. The zero-order valence-corrected chi connectivity index (χ0v) is 11.5. The van der Waals surface area contributed by atoms with E-state index >= 15 is 0 Å². The van der Waals surface area contributed by atoms with E-state index in [9.17, 15) is 10.1 Å². The molecule has 0 saturated carbocycles. The molecule has 0 amide bonds. The summed E-state index contributed by atoms with van der Waals surface area (Å²) in [5.41, 5.74) is 8.58. The van der Waals surface area contributed by atoms with E-state index in [1.807, 2.05) is 24.1 Å². The van der Waals surface area contributed by atoms with Crippen LogP contribution in [0, 0.1) is 21.4 Å². The van der Waals surface area contributed by atoms with Crippen LogP contribution in [0.2, 0.25) is 0 Å². The van der Waals surface area contributed by atoms with Crippen LogP contribution in [0.4, 0.5) is 17.1 Å². The van der Waals surface area contributed by atoms with Crippen LogP contribution < -0.4 is 10.6 Å². The third-order valence-electron chi connectivity index (χ3n) is 3.18. The van der Waals surface area contributed by atoms with Crippen molar-refractivity contribution < 1.29 is 4.92 Å². The van der Waals surface area contributed by atoms with Crippen molar-refractivity contribution in [3.63, 3.8) is 0 Å². The van der Waals surface area contributed by atoms with Crippen LogP contribution >= 0.6 is 0 Å². The standard InChI is InChI=1S/C15H14N4O2/c1-18(13-4-2-11(9-16)3-5-13)10-12-8-14(19(20)21)6-7-15(12)17/h2-8H,10,17H2,1H3. The highest BCUT2D eigenvalue weighted by molar-refractivity contribution is 5.56. The molecule has 0 atom stereocenters. The molecule has 0 bridgehead atoms. The molecule has 0 heterocycles. The molecule has 2 aromatic rings.